The summed E-state index contributed by atoms with van der Waals surface area (Å²) < 4.78 is 0. The number of hydrogen-bond acceptors (Lipinski definition) is 2. The number of anilines is 1. The van der Waals surface area contributed by atoms with Gasteiger partial charge >= 0.3 is 6.03 Å². The molecule has 0 radical (unpaired) electrons. The molecular weight excluding hydrogens is 362 g/mol. The molecule has 1 unspecified atom stereocenters. The fraction of sp³-hybridized carbons (Fsp3) is 0.333. The molecule has 2 aromatic rings. The molecule has 0 saturated carbocycles. The number of urea groups is 1. The standard InChI is InChI=1S/C21H24ClN3O2/c1-15-6-4-9-18(12-15)24-21(27)25-11-5-8-17(14-25)20(26)23-13-16-7-2-3-10-19(16)22/h2-4,6-7,9-10,12,17H,5,8,11,13-14H2,1H3,(H,23,26)(H,24,27). The Bertz CT molecular complexity index is 825. The van der Waals surface area contributed by atoms with Gasteiger partial charge in [-0.3, -0.25) is 4.79 Å². The van der Waals surface area contributed by atoms with Crippen LogP contribution in [0.5, 0.6) is 0 Å². The molecule has 1 atom stereocenters. The van der Waals surface area contributed by atoms with Gasteiger partial charge in [0, 0.05) is 30.3 Å². The lowest BCUT2D eigenvalue weighted by molar-refractivity contribution is -0.126. The third-order valence-corrected chi connectivity index (χ3v) is 5.13. The highest BCUT2D eigenvalue weighted by atomic mass is 35.5. The molecule has 27 heavy (non-hydrogen) atoms. The van der Waals surface area contributed by atoms with E-state index in [0.29, 0.717) is 24.7 Å². The topological polar surface area (TPSA) is 61.4 Å². The molecule has 1 saturated heterocycles. The predicted molar refractivity (Wildman–Crippen MR) is 108 cm³/mol. The first-order valence-electron chi connectivity index (χ1n) is 9.16. The zero-order valence-electron chi connectivity index (χ0n) is 15.4. The van der Waals surface area contributed by atoms with Crippen molar-refractivity contribution in [2.45, 2.75) is 26.3 Å². The lowest BCUT2D eigenvalue weighted by Crippen LogP contribution is -2.46. The van der Waals surface area contributed by atoms with Crippen LogP contribution in [0.2, 0.25) is 5.02 Å². The third-order valence-electron chi connectivity index (χ3n) is 4.76. The summed E-state index contributed by atoms with van der Waals surface area (Å²) in [6.45, 7) is 3.46. The Morgan fingerprint density at radius 2 is 2.00 bits per heavy atom. The van der Waals surface area contributed by atoms with Crippen LogP contribution in [-0.4, -0.2) is 29.9 Å². The number of likely N-dealkylation sites (tertiary alicyclic amines) is 1. The van der Waals surface area contributed by atoms with Crippen molar-refractivity contribution in [3.63, 3.8) is 0 Å². The third kappa shape index (κ3) is 5.23. The van der Waals surface area contributed by atoms with Crippen molar-refractivity contribution < 1.29 is 9.59 Å². The number of amides is 3. The minimum absolute atomic E-state index is 0.0389. The largest absolute Gasteiger partial charge is 0.352 e. The van der Waals surface area contributed by atoms with Crippen LogP contribution in [0.3, 0.4) is 0 Å². The highest BCUT2D eigenvalue weighted by molar-refractivity contribution is 6.31. The summed E-state index contributed by atoms with van der Waals surface area (Å²) in [6.07, 6.45) is 1.59. The first-order valence-corrected chi connectivity index (χ1v) is 9.54. The molecule has 5 nitrogen and oxygen atoms in total. The summed E-state index contributed by atoms with van der Waals surface area (Å²) in [7, 11) is 0. The number of aryl methyl sites for hydroxylation is 1. The van der Waals surface area contributed by atoms with Crippen LogP contribution in [0, 0.1) is 12.8 Å². The van der Waals surface area contributed by atoms with E-state index in [1.807, 2.05) is 49.4 Å². The Morgan fingerprint density at radius 1 is 1.19 bits per heavy atom. The average Bonchev–Trinajstić information content (AvgIpc) is 2.67. The Morgan fingerprint density at radius 3 is 2.78 bits per heavy atom. The Hall–Kier alpha value is -2.53. The van der Waals surface area contributed by atoms with Crippen molar-refractivity contribution in [2.24, 2.45) is 5.92 Å². The number of hydrogen-bond donors (Lipinski definition) is 2. The maximum Gasteiger partial charge on any atom is 0.321 e. The summed E-state index contributed by atoms with van der Waals surface area (Å²) in [4.78, 5) is 26.8. The van der Waals surface area contributed by atoms with Gasteiger partial charge in [-0.05, 0) is 49.1 Å². The molecular formula is C21H24ClN3O2. The van der Waals surface area contributed by atoms with Gasteiger partial charge in [0.2, 0.25) is 5.91 Å². The minimum Gasteiger partial charge on any atom is -0.352 e. The van der Waals surface area contributed by atoms with Gasteiger partial charge in [0.25, 0.3) is 0 Å². The number of halogens is 1. The van der Waals surface area contributed by atoms with E-state index in [2.05, 4.69) is 10.6 Å². The highest BCUT2D eigenvalue weighted by Crippen LogP contribution is 2.19. The molecule has 0 spiro atoms. The number of nitrogens with zero attached hydrogens (tertiary/aromatic N) is 1. The minimum atomic E-state index is -0.204. The average molecular weight is 386 g/mol. The van der Waals surface area contributed by atoms with Gasteiger partial charge in [-0.2, -0.15) is 0 Å². The molecule has 1 heterocycles. The van der Waals surface area contributed by atoms with Crippen LogP contribution < -0.4 is 10.6 Å². The fourth-order valence-electron chi connectivity index (χ4n) is 3.27. The molecule has 142 valence electrons. The van der Waals surface area contributed by atoms with Gasteiger partial charge in [-0.15, -0.1) is 0 Å². The highest BCUT2D eigenvalue weighted by Gasteiger charge is 2.28. The van der Waals surface area contributed by atoms with E-state index in [9.17, 15) is 9.59 Å². The maximum atomic E-state index is 12.5. The quantitative estimate of drug-likeness (QED) is 0.828. The fourth-order valence-corrected chi connectivity index (χ4v) is 3.47. The summed E-state index contributed by atoms with van der Waals surface area (Å²) in [5.74, 6) is -0.243. The van der Waals surface area contributed by atoms with Crippen LogP contribution in [0.4, 0.5) is 10.5 Å². The molecule has 0 aliphatic carbocycles. The van der Waals surface area contributed by atoms with E-state index in [0.717, 1.165) is 29.7 Å². The summed E-state index contributed by atoms with van der Waals surface area (Å²) in [5.41, 5.74) is 2.74. The van der Waals surface area contributed by atoms with Crippen LogP contribution >= 0.6 is 11.6 Å². The Balaban J connectivity index is 1.54. The van der Waals surface area contributed by atoms with Gasteiger partial charge in [0.1, 0.15) is 0 Å². The normalized spacial score (nSPS) is 16.7. The maximum absolute atomic E-state index is 12.5. The zero-order valence-corrected chi connectivity index (χ0v) is 16.1. The number of carbonyl (C=O) groups is 2. The van der Waals surface area contributed by atoms with Gasteiger partial charge in [-0.25, -0.2) is 4.79 Å². The molecule has 1 fully saturated rings. The number of nitrogens with one attached hydrogen (secondary N) is 2. The van der Waals surface area contributed by atoms with E-state index >= 15 is 0 Å². The van der Waals surface area contributed by atoms with Gasteiger partial charge in [0.15, 0.2) is 0 Å². The van der Waals surface area contributed by atoms with Crippen molar-refractivity contribution in [1.29, 1.82) is 0 Å². The van der Waals surface area contributed by atoms with Crippen molar-refractivity contribution in [2.75, 3.05) is 18.4 Å². The summed E-state index contributed by atoms with van der Waals surface area (Å²) >= 11 is 6.13. The molecule has 6 heteroatoms. The molecule has 1 aliphatic rings. The number of piperidine rings is 1. The SMILES string of the molecule is Cc1cccc(NC(=O)N2CCCC(C(=O)NCc3ccccc3Cl)C2)c1. The van der Waals surface area contributed by atoms with E-state index in [4.69, 9.17) is 11.6 Å². The second-order valence-corrected chi connectivity index (χ2v) is 7.30. The summed E-state index contributed by atoms with van der Waals surface area (Å²) in [5, 5.41) is 6.50. The van der Waals surface area contributed by atoms with Gasteiger partial charge < -0.3 is 15.5 Å². The molecule has 0 aromatic heterocycles. The zero-order chi connectivity index (χ0) is 19.2. The van der Waals surface area contributed by atoms with Crippen molar-refractivity contribution in [3.8, 4) is 0 Å². The van der Waals surface area contributed by atoms with Gasteiger partial charge in [-0.1, -0.05) is 41.9 Å². The number of benzene rings is 2. The van der Waals surface area contributed by atoms with Crippen LogP contribution in [0.15, 0.2) is 48.5 Å². The van der Waals surface area contributed by atoms with Crippen molar-refractivity contribution in [3.05, 3.63) is 64.7 Å². The molecule has 2 aromatic carbocycles. The lowest BCUT2D eigenvalue weighted by Gasteiger charge is -2.32. The van der Waals surface area contributed by atoms with Crippen LogP contribution in [0.1, 0.15) is 24.0 Å². The van der Waals surface area contributed by atoms with Crippen LogP contribution in [0.25, 0.3) is 0 Å². The first kappa shape index (κ1) is 19.2. The smallest absolute Gasteiger partial charge is 0.321 e. The van der Waals surface area contributed by atoms with E-state index in [1.54, 1.807) is 11.0 Å². The van der Waals surface area contributed by atoms with E-state index in [1.165, 1.54) is 0 Å². The second-order valence-electron chi connectivity index (χ2n) is 6.89. The van der Waals surface area contributed by atoms with Crippen molar-refractivity contribution >= 4 is 29.2 Å². The number of rotatable bonds is 4. The van der Waals surface area contributed by atoms with Crippen molar-refractivity contribution in [1.82, 2.24) is 10.2 Å². The monoisotopic (exact) mass is 385 g/mol. The van der Waals surface area contributed by atoms with E-state index in [-0.39, 0.29) is 17.9 Å². The molecule has 1 aliphatic heterocycles. The van der Waals surface area contributed by atoms with Gasteiger partial charge in [0.05, 0.1) is 5.92 Å². The Kier molecular flexibility index (Phi) is 6.35. The Labute approximate surface area is 164 Å². The molecule has 3 rings (SSSR count). The lowest BCUT2D eigenvalue weighted by atomic mass is 9.97. The second kappa shape index (κ2) is 8.91. The van der Waals surface area contributed by atoms with Crippen LogP contribution in [-0.2, 0) is 11.3 Å². The first-order chi connectivity index (χ1) is 13.0. The number of carbonyl (C=O) groups excluding carboxylic acids is 2. The summed E-state index contributed by atoms with van der Waals surface area (Å²) in [6, 6.07) is 15.0. The van der Waals surface area contributed by atoms with E-state index < -0.39 is 0 Å². The molecule has 3 amide bonds. The molecule has 2 N–H and O–H groups in total. The molecule has 0 bridgehead atoms. The predicted octanol–water partition coefficient (Wildman–Crippen LogP) is 4.21.